The zero-order valence-electron chi connectivity index (χ0n) is 41.5. The number of benzene rings is 2. The van der Waals surface area contributed by atoms with Crippen LogP contribution in [-0.4, -0.2) is 62.8 Å². The monoisotopic (exact) mass is 1030 g/mol. The molecule has 16 nitrogen and oxygen atoms in total. The van der Waals surface area contributed by atoms with Gasteiger partial charge in [-0.3, -0.25) is 14.0 Å². The second-order valence-corrected chi connectivity index (χ2v) is 25.4. The minimum atomic E-state index is -4.48. The molecule has 2 aliphatic carbocycles. The number of thiazole rings is 2. The van der Waals surface area contributed by atoms with Gasteiger partial charge in [-0.05, 0) is 116 Å². The summed E-state index contributed by atoms with van der Waals surface area (Å²) in [6.07, 6.45) is 8.01. The van der Waals surface area contributed by atoms with Gasteiger partial charge >= 0.3 is 0 Å². The van der Waals surface area contributed by atoms with E-state index in [1.54, 1.807) is 6.07 Å². The van der Waals surface area contributed by atoms with E-state index >= 15 is 0 Å². The van der Waals surface area contributed by atoms with Crippen LogP contribution in [-0.2, 0) is 25.7 Å². The molecule has 0 bridgehead atoms. The summed E-state index contributed by atoms with van der Waals surface area (Å²) in [5.74, 6) is 3.77. The Bertz CT molecular complexity index is 3200. The third-order valence-electron chi connectivity index (χ3n) is 14.5. The van der Waals surface area contributed by atoms with E-state index in [9.17, 15) is 31.2 Å². The predicted octanol–water partition coefficient (Wildman–Crippen LogP) is 13.1. The predicted molar refractivity (Wildman–Crippen MR) is 278 cm³/mol. The molecule has 70 heavy (non-hydrogen) atoms. The van der Waals surface area contributed by atoms with E-state index in [4.69, 9.17) is 30.3 Å². The number of aromatic nitrogens is 5. The minimum absolute atomic E-state index is 0.00748. The highest BCUT2D eigenvalue weighted by atomic mass is 32.2. The van der Waals surface area contributed by atoms with Crippen LogP contribution in [0, 0.1) is 53.8 Å². The lowest BCUT2D eigenvalue weighted by molar-refractivity contribution is 0.161. The molecule has 2 aromatic carbocycles. The normalized spacial score (nSPS) is 23.6. The van der Waals surface area contributed by atoms with Gasteiger partial charge < -0.3 is 5.32 Å². The van der Waals surface area contributed by atoms with E-state index in [2.05, 4.69) is 57.8 Å². The van der Waals surface area contributed by atoms with Gasteiger partial charge in [-0.2, -0.15) is 31.9 Å². The van der Waals surface area contributed by atoms with E-state index in [-0.39, 0.29) is 33.3 Å². The minimum Gasteiger partial charge on any atom is -0.365 e. The standard InChI is InChI=1S/C50H64N10O6S4/c1-11-30-19-27(5)20-31(12-2)43(30)55-46-42(56-57-47-36(26-51)45(50(8,9)10)58-60(47)49-53-38-18-16-35(70(64,65)66)25-40(38)68-49)29(7)23-41(54-46)59(44-32(13-3)21-28(6)22-33(44)14-4)48-52-37-17-15-34(69(61,62)63)24-39(37)67-48/h15-18,23-25,27-28,30-33,43-44H,11-14,19-22H2,1-10H3,(H,54,55)(H,61,62,63)(H,64,65,66)/t27?,28?,30-,31-,32-,33-,43?,44?/m0/s1. The quantitative estimate of drug-likeness (QED) is 0.0682. The van der Waals surface area contributed by atoms with E-state index in [0.717, 1.165) is 68.3 Å². The summed E-state index contributed by atoms with van der Waals surface area (Å²) >= 11 is 2.52. The second kappa shape index (κ2) is 19.9. The molecule has 4 heterocycles. The van der Waals surface area contributed by atoms with Crippen LogP contribution in [0.1, 0.15) is 131 Å². The molecule has 2 saturated carbocycles. The van der Waals surface area contributed by atoms with Crippen LogP contribution in [0.15, 0.2) is 62.5 Å². The Kier molecular flexibility index (Phi) is 14.7. The topological polar surface area (TPSA) is 229 Å². The Morgan fingerprint density at radius 3 is 1.83 bits per heavy atom. The van der Waals surface area contributed by atoms with Crippen molar-refractivity contribution in [1.29, 1.82) is 5.26 Å². The average Bonchev–Trinajstić information content (AvgIpc) is 4.03. The lowest BCUT2D eigenvalue weighted by Crippen LogP contribution is -2.47. The molecule has 0 aliphatic heterocycles. The van der Waals surface area contributed by atoms with Crippen molar-refractivity contribution in [3.05, 3.63) is 59.3 Å². The summed E-state index contributed by atoms with van der Waals surface area (Å²) in [7, 11) is -8.93. The van der Waals surface area contributed by atoms with Gasteiger partial charge in [-0.15, -0.1) is 10.2 Å². The van der Waals surface area contributed by atoms with Gasteiger partial charge in [0, 0.05) is 17.5 Å². The third-order valence-corrected chi connectivity index (χ3v) is 18.2. The Balaban J connectivity index is 1.35. The molecule has 0 amide bonds. The fourth-order valence-corrected chi connectivity index (χ4v) is 14.3. The SMILES string of the molecule is CC[C@H]1CC(C)C[C@H](CC)C1Nc1nc(N(c2nc3ccc(S(=O)(=O)O)cc3s2)C2[C@@H](CC)CC(C)C[C@@H]2CC)cc(C)c1N=Nc1c(C#N)c(C(C)(C)C)nn1-c1nc2ccc(S(=O)(=O)O)cc2s1. The smallest absolute Gasteiger partial charge is 0.294 e. The maximum absolute atomic E-state index is 12.3. The first-order valence-electron chi connectivity index (χ1n) is 24.4. The number of pyridine rings is 1. The van der Waals surface area contributed by atoms with Crippen molar-refractivity contribution in [2.75, 3.05) is 10.2 Å². The van der Waals surface area contributed by atoms with Crippen LogP contribution in [0.25, 0.3) is 25.6 Å². The van der Waals surface area contributed by atoms with Gasteiger partial charge in [0.15, 0.2) is 16.8 Å². The zero-order chi connectivity index (χ0) is 50.6. The molecule has 0 unspecified atom stereocenters. The van der Waals surface area contributed by atoms with Gasteiger partial charge in [-0.25, -0.2) is 15.0 Å². The summed E-state index contributed by atoms with van der Waals surface area (Å²) < 4.78 is 71.1. The van der Waals surface area contributed by atoms with Crippen LogP contribution in [0.5, 0.6) is 0 Å². The number of hydrogen-bond acceptors (Lipinski definition) is 15. The number of rotatable bonds is 14. The third kappa shape index (κ3) is 10.2. The maximum Gasteiger partial charge on any atom is 0.294 e. The first-order valence-corrected chi connectivity index (χ1v) is 28.9. The number of anilines is 3. The largest absolute Gasteiger partial charge is 0.365 e. The van der Waals surface area contributed by atoms with Gasteiger partial charge in [-0.1, -0.05) is 111 Å². The lowest BCUT2D eigenvalue weighted by Gasteiger charge is -2.46. The Morgan fingerprint density at radius 2 is 1.31 bits per heavy atom. The highest BCUT2D eigenvalue weighted by Gasteiger charge is 2.42. The summed E-state index contributed by atoms with van der Waals surface area (Å²) in [6, 6.07) is 13.1. The molecule has 3 N–H and O–H groups in total. The van der Waals surface area contributed by atoms with Crippen molar-refractivity contribution in [3.8, 4) is 11.2 Å². The molecule has 2 fully saturated rings. The van der Waals surface area contributed by atoms with E-state index < -0.39 is 25.7 Å². The Hall–Kier alpha value is -4.91. The number of fused-ring (bicyclic) bond motifs is 2. The van der Waals surface area contributed by atoms with Crippen molar-refractivity contribution in [3.63, 3.8) is 0 Å². The van der Waals surface area contributed by atoms with Gasteiger partial charge in [0.2, 0.25) is 5.13 Å². The fraction of sp³-hybridized carbons (Fsp3) is 0.540. The van der Waals surface area contributed by atoms with Gasteiger partial charge in [0.1, 0.15) is 23.1 Å². The number of nitrogens with one attached hydrogen (secondary N) is 1. The summed E-state index contributed by atoms with van der Waals surface area (Å²) in [6.45, 7) is 21.5. The second-order valence-electron chi connectivity index (χ2n) is 20.6. The van der Waals surface area contributed by atoms with Gasteiger partial charge in [0.25, 0.3) is 20.2 Å². The average molecular weight is 1030 g/mol. The number of azo groups is 1. The van der Waals surface area contributed by atoms with Crippen molar-refractivity contribution >= 4 is 91.6 Å². The van der Waals surface area contributed by atoms with Crippen LogP contribution in [0.2, 0.25) is 0 Å². The molecule has 20 heteroatoms. The van der Waals surface area contributed by atoms with Crippen molar-refractivity contribution in [2.24, 2.45) is 45.7 Å². The van der Waals surface area contributed by atoms with Crippen molar-refractivity contribution in [1.82, 2.24) is 24.7 Å². The molecular weight excluding hydrogens is 965 g/mol. The molecule has 374 valence electrons. The molecule has 0 radical (unpaired) electrons. The molecule has 0 spiro atoms. The summed E-state index contributed by atoms with van der Waals surface area (Å²) in [4.78, 5) is 17.3. The van der Waals surface area contributed by atoms with Crippen molar-refractivity contribution in [2.45, 2.75) is 148 Å². The lowest BCUT2D eigenvalue weighted by atomic mass is 9.69. The molecule has 6 aromatic rings. The van der Waals surface area contributed by atoms with E-state index in [1.165, 1.54) is 46.4 Å². The van der Waals surface area contributed by atoms with Crippen LogP contribution >= 0.6 is 22.7 Å². The number of nitriles is 1. The molecule has 0 saturated heterocycles. The Morgan fingerprint density at radius 1 is 0.786 bits per heavy atom. The van der Waals surface area contributed by atoms with Crippen LogP contribution < -0.4 is 10.2 Å². The van der Waals surface area contributed by atoms with E-state index in [0.29, 0.717) is 89.2 Å². The highest BCUT2D eigenvalue weighted by molar-refractivity contribution is 7.86. The van der Waals surface area contributed by atoms with Gasteiger partial charge in [0.05, 0.1) is 35.9 Å². The number of hydrogen-bond donors (Lipinski definition) is 3. The summed E-state index contributed by atoms with van der Waals surface area (Å²) in [5, 5.41) is 30.6. The first-order chi connectivity index (χ1) is 33.1. The van der Waals surface area contributed by atoms with Crippen LogP contribution in [0.4, 0.5) is 28.3 Å². The summed E-state index contributed by atoms with van der Waals surface area (Å²) in [5.41, 5.74) is 2.44. The molecule has 4 aromatic heterocycles. The molecule has 2 aliphatic rings. The molecule has 8 rings (SSSR count). The van der Waals surface area contributed by atoms with Crippen molar-refractivity contribution < 1.29 is 25.9 Å². The molecular formula is C50H64N10O6S4. The first kappa shape index (κ1) is 51.4. The number of nitrogens with zero attached hydrogens (tertiary/aromatic N) is 9. The fourth-order valence-electron chi connectivity index (χ4n) is 11.1. The maximum atomic E-state index is 12.3. The molecule has 4 atom stereocenters. The number of aryl methyl sites for hydroxylation is 1. The zero-order valence-corrected chi connectivity index (χ0v) is 44.8. The van der Waals surface area contributed by atoms with E-state index in [1.807, 2.05) is 33.8 Å². The Labute approximate surface area is 419 Å². The van der Waals surface area contributed by atoms with Crippen LogP contribution in [0.3, 0.4) is 0 Å². The highest BCUT2D eigenvalue weighted by Crippen LogP contribution is 2.48.